The number of anilines is 1. The van der Waals surface area contributed by atoms with E-state index in [9.17, 15) is 14.7 Å². The maximum absolute atomic E-state index is 12.4. The summed E-state index contributed by atoms with van der Waals surface area (Å²) in [5, 5.41) is 21.3. The number of aromatic hydroxyl groups is 1. The summed E-state index contributed by atoms with van der Waals surface area (Å²) in [6.45, 7) is 3.77. The lowest BCUT2D eigenvalue weighted by Gasteiger charge is -2.10. The minimum absolute atomic E-state index is 0.231. The van der Waals surface area contributed by atoms with Crippen molar-refractivity contribution in [2.45, 2.75) is 32.6 Å². The third kappa shape index (κ3) is 7.46. The van der Waals surface area contributed by atoms with Crippen LogP contribution in [-0.4, -0.2) is 41.9 Å². The van der Waals surface area contributed by atoms with E-state index in [2.05, 4.69) is 12.2 Å². The summed E-state index contributed by atoms with van der Waals surface area (Å²) in [6, 6.07) is 10.6. The highest BCUT2D eigenvalue weighted by atomic mass is 16.5. The monoisotopic (exact) mass is 401 g/mol. The lowest BCUT2D eigenvalue weighted by Crippen LogP contribution is -2.13. The van der Waals surface area contributed by atoms with E-state index in [0.717, 1.165) is 13.0 Å². The minimum Gasteiger partial charge on any atom is -0.507 e. The quantitative estimate of drug-likeness (QED) is 0.458. The van der Waals surface area contributed by atoms with Gasteiger partial charge in [0.05, 0.1) is 6.61 Å². The number of carbonyl (C=O) groups is 2. The van der Waals surface area contributed by atoms with Crippen LogP contribution in [0, 0.1) is 0 Å². The van der Waals surface area contributed by atoms with Crippen molar-refractivity contribution in [1.29, 1.82) is 0 Å². The Morgan fingerprint density at radius 2 is 1.83 bits per heavy atom. The van der Waals surface area contributed by atoms with Crippen molar-refractivity contribution in [2.24, 2.45) is 0 Å². The number of carbonyl (C=O) groups excluding carboxylic acids is 1. The number of carboxylic acid groups (broad SMARTS) is 1. The Bertz CT molecular complexity index is 821. The third-order valence-corrected chi connectivity index (χ3v) is 4.22. The van der Waals surface area contributed by atoms with Crippen molar-refractivity contribution in [2.75, 3.05) is 25.1 Å². The molecule has 0 atom stereocenters. The van der Waals surface area contributed by atoms with Gasteiger partial charge in [-0.3, -0.25) is 4.79 Å². The molecule has 0 radical (unpaired) electrons. The standard InChI is InChI=1S/C22H27NO6/c1-2-3-4-5-11-28-12-13-29-18-8-6-7-16(14-18)21(25)23-17-9-10-19(22(26)27)20(24)15-17/h6-10,14-15,24H,2-5,11-13H2,1H3,(H,23,25)(H,26,27). The van der Waals surface area contributed by atoms with Crippen molar-refractivity contribution < 1.29 is 29.3 Å². The fourth-order valence-corrected chi connectivity index (χ4v) is 2.67. The van der Waals surface area contributed by atoms with Crippen LogP contribution in [0.1, 0.15) is 53.3 Å². The smallest absolute Gasteiger partial charge is 0.339 e. The Kier molecular flexibility index (Phi) is 8.98. The number of ether oxygens (including phenoxy) is 2. The molecule has 3 N–H and O–H groups in total. The molecule has 0 unspecified atom stereocenters. The van der Waals surface area contributed by atoms with Crippen LogP contribution in [0.4, 0.5) is 5.69 Å². The number of amides is 1. The number of benzene rings is 2. The van der Waals surface area contributed by atoms with E-state index >= 15 is 0 Å². The normalized spacial score (nSPS) is 10.5. The Hall–Kier alpha value is -3.06. The zero-order valence-corrected chi connectivity index (χ0v) is 16.5. The number of carboxylic acids is 1. The topological polar surface area (TPSA) is 105 Å². The molecule has 0 saturated heterocycles. The van der Waals surface area contributed by atoms with Gasteiger partial charge in [-0.2, -0.15) is 0 Å². The van der Waals surface area contributed by atoms with Gasteiger partial charge in [0.25, 0.3) is 5.91 Å². The first-order valence-corrected chi connectivity index (χ1v) is 9.69. The van der Waals surface area contributed by atoms with Crippen molar-refractivity contribution in [1.82, 2.24) is 0 Å². The number of hydrogen-bond acceptors (Lipinski definition) is 5. The molecule has 0 bridgehead atoms. The summed E-state index contributed by atoms with van der Waals surface area (Å²) < 4.78 is 11.2. The summed E-state index contributed by atoms with van der Waals surface area (Å²) in [4.78, 5) is 23.3. The van der Waals surface area contributed by atoms with Crippen LogP contribution in [0.25, 0.3) is 0 Å². The van der Waals surface area contributed by atoms with Crippen LogP contribution in [-0.2, 0) is 4.74 Å². The maximum Gasteiger partial charge on any atom is 0.339 e. The van der Waals surface area contributed by atoms with E-state index in [1.165, 1.54) is 37.5 Å². The molecular formula is C22H27NO6. The molecule has 2 aromatic rings. The van der Waals surface area contributed by atoms with E-state index in [1.807, 2.05) is 0 Å². The largest absolute Gasteiger partial charge is 0.507 e. The summed E-state index contributed by atoms with van der Waals surface area (Å²) in [7, 11) is 0. The van der Waals surface area contributed by atoms with E-state index in [-0.39, 0.29) is 5.56 Å². The molecule has 0 heterocycles. The Balaban J connectivity index is 1.83. The average molecular weight is 401 g/mol. The van der Waals surface area contributed by atoms with Gasteiger partial charge in [0.15, 0.2) is 0 Å². The van der Waals surface area contributed by atoms with E-state index in [0.29, 0.717) is 30.2 Å². The highest BCUT2D eigenvalue weighted by Crippen LogP contribution is 2.23. The lowest BCUT2D eigenvalue weighted by molar-refractivity contribution is 0.0693. The highest BCUT2D eigenvalue weighted by Gasteiger charge is 2.12. The number of nitrogens with one attached hydrogen (secondary N) is 1. The van der Waals surface area contributed by atoms with Gasteiger partial charge in [-0.25, -0.2) is 4.79 Å². The molecule has 0 saturated carbocycles. The molecule has 0 aliphatic heterocycles. The molecule has 7 heteroatoms. The van der Waals surface area contributed by atoms with Crippen LogP contribution in [0.3, 0.4) is 0 Å². The second-order valence-electron chi connectivity index (χ2n) is 6.54. The third-order valence-electron chi connectivity index (χ3n) is 4.22. The molecule has 2 aromatic carbocycles. The molecular weight excluding hydrogens is 374 g/mol. The molecule has 1 amide bonds. The number of hydrogen-bond donors (Lipinski definition) is 3. The summed E-state index contributed by atoms with van der Waals surface area (Å²) in [6.07, 6.45) is 4.64. The van der Waals surface area contributed by atoms with Gasteiger partial charge in [0, 0.05) is 23.9 Å². The zero-order chi connectivity index (χ0) is 21.1. The fourth-order valence-electron chi connectivity index (χ4n) is 2.67. The number of aromatic carboxylic acids is 1. The Labute approximate surface area is 170 Å². The first-order valence-electron chi connectivity index (χ1n) is 9.69. The van der Waals surface area contributed by atoms with Crippen LogP contribution in [0.5, 0.6) is 11.5 Å². The van der Waals surface area contributed by atoms with Crippen LogP contribution < -0.4 is 10.1 Å². The molecule has 7 nitrogen and oxygen atoms in total. The summed E-state index contributed by atoms with van der Waals surface area (Å²) >= 11 is 0. The van der Waals surface area contributed by atoms with Crippen molar-refractivity contribution in [3.8, 4) is 11.5 Å². The molecule has 0 fully saturated rings. The van der Waals surface area contributed by atoms with Crippen molar-refractivity contribution in [3.63, 3.8) is 0 Å². The SMILES string of the molecule is CCCCCCOCCOc1cccc(C(=O)Nc2ccc(C(=O)O)c(O)c2)c1. The van der Waals surface area contributed by atoms with Gasteiger partial charge in [-0.05, 0) is 36.8 Å². The molecule has 0 aliphatic carbocycles. The summed E-state index contributed by atoms with van der Waals surface area (Å²) in [5.41, 5.74) is 0.441. The predicted molar refractivity (Wildman–Crippen MR) is 110 cm³/mol. The van der Waals surface area contributed by atoms with E-state index in [1.54, 1.807) is 24.3 Å². The Morgan fingerprint density at radius 1 is 1.00 bits per heavy atom. The number of rotatable bonds is 12. The molecule has 0 aliphatic rings. The van der Waals surface area contributed by atoms with Crippen molar-refractivity contribution in [3.05, 3.63) is 53.6 Å². The van der Waals surface area contributed by atoms with Gasteiger partial charge < -0.3 is 25.0 Å². The fraction of sp³-hybridized carbons (Fsp3) is 0.364. The number of unbranched alkanes of at least 4 members (excludes halogenated alkanes) is 3. The van der Waals surface area contributed by atoms with Crippen LogP contribution in [0.15, 0.2) is 42.5 Å². The summed E-state index contributed by atoms with van der Waals surface area (Å²) in [5.74, 6) is -1.50. The zero-order valence-electron chi connectivity index (χ0n) is 16.5. The predicted octanol–water partition coefficient (Wildman–Crippen LogP) is 4.32. The lowest BCUT2D eigenvalue weighted by atomic mass is 10.1. The molecule has 0 aromatic heterocycles. The van der Waals surface area contributed by atoms with Crippen molar-refractivity contribution >= 4 is 17.6 Å². The molecule has 0 spiro atoms. The Morgan fingerprint density at radius 3 is 2.55 bits per heavy atom. The molecule has 156 valence electrons. The minimum atomic E-state index is -1.24. The second-order valence-corrected chi connectivity index (χ2v) is 6.54. The highest BCUT2D eigenvalue weighted by molar-refractivity contribution is 6.05. The van der Waals surface area contributed by atoms with Gasteiger partial charge in [-0.15, -0.1) is 0 Å². The van der Waals surface area contributed by atoms with Crippen LogP contribution in [0.2, 0.25) is 0 Å². The van der Waals surface area contributed by atoms with Crippen LogP contribution >= 0.6 is 0 Å². The van der Waals surface area contributed by atoms with Gasteiger partial charge in [0.2, 0.25) is 0 Å². The maximum atomic E-state index is 12.4. The van der Waals surface area contributed by atoms with Gasteiger partial charge >= 0.3 is 5.97 Å². The average Bonchev–Trinajstić information content (AvgIpc) is 2.70. The second kappa shape index (κ2) is 11.7. The number of phenols is 1. The van der Waals surface area contributed by atoms with E-state index in [4.69, 9.17) is 14.6 Å². The van der Waals surface area contributed by atoms with Gasteiger partial charge in [-0.1, -0.05) is 32.3 Å². The first-order chi connectivity index (χ1) is 14.0. The van der Waals surface area contributed by atoms with E-state index < -0.39 is 17.6 Å². The molecule has 29 heavy (non-hydrogen) atoms. The van der Waals surface area contributed by atoms with Gasteiger partial charge in [0.1, 0.15) is 23.7 Å². The first kappa shape index (κ1) is 22.2. The molecule has 2 rings (SSSR count).